The summed E-state index contributed by atoms with van der Waals surface area (Å²) in [5.41, 5.74) is 2.45. The van der Waals surface area contributed by atoms with Crippen molar-refractivity contribution in [2.75, 3.05) is 5.32 Å². The van der Waals surface area contributed by atoms with Crippen molar-refractivity contribution in [3.8, 4) is 5.69 Å². The van der Waals surface area contributed by atoms with Crippen molar-refractivity contribution in [1.29, 1.82) is 0 Å². The molecule has 0 spiro atoms. The molecule has 0 saturated heterocycles. The van der Waals surface area contributed by atoms with E-state index < -0.39 is 5.97 Å². The second kappa shape index (κ2) is 6.78. The smallest absolute Gasteiger partial charge is 0.307 e. The Morgan fingerprint density at radius 3 is 2.50 bits per heavy atom. The number of hydrogen-bond donors (Lipinski definition) is 2. The summed E-state index contributed by atoms with van der Waals surface area (Å²) in [6.45, 7) is 0. The summed E-state index contributed by atoms with van der Waals surface area (Å²) in [6, 6.07) is 13.9. The number of carboxylic acids is 1. The van der Waals surface area contributed by atoms with Gasteiger partial charge in [-0.3, -0.25) is 9.59 Å². The number of carbonyl (C=O) groups is 2. The van der Waals surface area contributed by atoms with Gasteiger partial charge in [0.1, 0.15) is 0 Å². The summed E-state index contributed by atoms with van der Waals surface area (Å²) in [5.74, 6) is -1.23. The minimum atomic E-state index is -0.943. The standard InChI is InChI=1S/C18H15N3O3/c22-17(23)11-14-3-1-2-4-16(14)20-18(24)13-5-7-15(8-6-13)21-10-9-19-12-21/h1-10,12H,11H2,(H,20,24)(H,22,23). The van der Waals surface area contributed by atoms with E-state index in [0.717, 1.165) is 5.69 Å². The zero-order valence-corrected chi connectivity index (χ0v) is 12.7. The lowest BCUT2D eigenvalue weighted by Crippen LogP contribution is -2.14. The van der Waals surface area contributed by atoms with Gasteiger partial charge in [0.25, 0.3) is 5.91 Å². The number of rotatable bonds is 5. The number of aliphatic carboxylic acids is 1. The molecule has 0 bridgehead atoms. The first-order valence-electron chi connectivity index (χ1n) is 7.33. The summed E-state index contributed by atoms with van der Waals surface area (Å²) in [5, 5.41) is 11.7. The predicted octanol–water partition coefficient (Wildman–Crippen LogP) is 2.75. The van der Waals surface area contributed by atoms with Crippen LogP contribution in [-0.4, -0.2) is 26.5 Å². The van der Waals surface area contributed by atoms with E-state index in [-0.39, 0.29) is 12.3 Å². The first-order chi connectivity index (χ1) is 11.6. The molecule has 3 aromatic rings. The molecule has 2 aromatic carbocycles. The summed E-state index contributed by atoms with van der Waals surface area (Å²) in [7, 11) is 0. The van der Waals surface area contributed by atoms with Gasteiger partial charge in [0.05, 0.1) is 12.7 Å². The highest BCUT2D eigenvalue weighted by Crippen LogP contribution is 2.17. The van der Waals surface area contributed by atoms with Crippen molar-refractivity contribution in [3.05, 3.63) is 78.4 Å². The van der Waals surface area contributed by atoms with Crippen LogP contribution in [0.3, 0.4) is 0 Å². The number of nitrogens with zero attached hydrogens (tertiary/aromatic N) is 2. The van der Waals surface area contributed by atoms with Crippen LogP contribution >= 0.6 is 0 Å². The molecule has 24 heavy (non-hydrogen) atoms. The van der Waals surface area contributed by atoms with Crippen LogP contribution in [-0.2, 0) is 11.2 Å². The fraction of sp³-hybridized carbons (Fsp3) is 0.0556. The maximum atomic E-state index is 12.4. The van der Waals surface area contributed by atoms with Crippen molar-refractivity contribution >= 4 is 17.6 Å². The number of carbonyl (C=O) groups excluding carboxylic acids is 1. The lowest BCUT2D eigenvalue weighted by molar-refractivity contribution is -0.136. The topological polar surface area (TPSA) is 84.2 Å². The summed E-state index contributed by atoms with van der Waals surface area (Å²) >= 11 is 0. The Morgan fingerprint density at radius 2 is 1.83 bits per heavy atom. The summed E-state index contributed by atoms with van der Waals surface area (Å²) in [4.78, 5) is 27.3. The molecule has 2 N–H and O–H groups in total. The molecular formula is C18H15N3O3. The van der Waals surface area contributed by atoms with E-state index in [4.69, 9.17) is 5.11 Å². The Kier molecular flexibility index (Phi) is 4.38. The second-order valence-electron chi connectivity index (χ2n) is 5.20. The van der Waals surface area contributed by atoms with Crippen LogP contribution in [0.25, 0.3) is 5.69 Å². The van der Waals surface area contributed by atoms with Gasteiger partial charge in [-0.25, -0.2) is 4.98 Å². The molecule has 1 heterocycles. The minimum Gasteiger partial charge on any atom is -0.481 e. The third-order valence-electron chi connectivity index (χ3n) is 3.54. The van der Waals surface area contributed by atoms with Crippen LogP contribution in [0.5, 0.6) is 0 Å². The Hall–Kier alpha value is -3.41. The fourth-order valence-electron chi connectivity index (χ4n) is 2.35. The fourth-order valence-corrected chi connectivity index (χ4v) is 2.35. The van der Waals surface area contributed by atoms with Crippen molar-refractivity contribution in [3.63, 3.8) is 0 Å². The molecule has 0 aliphatic carbocycles. The van der Waals surface area contributed by atoms with Gasteiger partial charge in [0.15, 0.2) is 0 Å². The molecule has 3 rings (SSSR count). The number of imidazole rings is 1. The van der Waals surface area contributed by atoms with Gasteiger partial charge >= 0.3 is 5.97 Å². The highest BCUT2D eigenvalue weighted by Gasteiger charge is 2.11. The van der Waals surface area contributed by atoms with Crippen molar-refractivity contribution < 1.29 is 14.7 Å². The van der Waals surface area contributed by atoms with Crippen LogP contribution < -0.4 is 5.32 Å². The predicted molar refractivity (Wildman–Crippen MR) is 89.3 cm³/mol. The van der Waals surface area contributed by atoms with Crippen LogP contribution in [0, 0.1) is 0 Å². The van der Waals surface area contributed by atoms with E-state index in [1.165, 1.54) is 0 Å². The number of carboxylic acid groups (broad SMARTS) is 1. The molecule has 1 aromatic heterocycles. The Labute approximate surface area is 138 Å². The highest BCUT2D eigenvalue weighted by molar-refractivity contribution is 6.05. The van der Waals surface area contributed by atoms with Crippen molar-refractivity contribution in [1.82, 2.24) is 9.55 Å². The number of nitrogens with one attached hydrogen (secondary N) is 1. The zero-order valence-electron chi connectivity index (χ0n) is 12.7. The number of amides is 1. The maximum Gasteiger partial charge on any atom is 0.307 e. The maximum absolute atomic E-state index is 12.4. The number of aromatic nitrogens is 2. The van der Waals surface area contributed by atoms with Gasteiger partial charge in [-0.2, -0.15) is 0 Å². The highest BCUT2D eigenvalue weighted by atomic mass is 16.4. The first kappa shape index (κ1) is 15.5. The number of para-hydroxylation sites is 1. The molecular weight excluding hydrogens is 306 g/mol. The largest absolute Gasteiger partial charge is 0.481 e. The molecule has 0 radical (unpaired) electrons. The molecule has 0 saturated carbocycles. The van der Waals surface area contributed by atoms with E-state index >= 15 is 0 Å². The van der Waals surface area contributed by atoms with Gasteiger partial charge in [-0.1, -0.05) is 18.2 Å². The van der Waals surface area contributed by atoms with Crippen molar-refractivity contribution in [2.45, 2.75) is 6.42 Å². The normalized spacial score (nSPS) is 10.3. The number of anilines is 1. The number of hydrogen-bond acceptors (Lipinski definition) is 3. The summed E-state index contributed by atoms with van der Waals surface area (Å²) in [6.07, 6.45) is 5.03. The van der Waals surface area contributed by atoms with Crippen LogP contribution in [0.1, 0.15) is 15.9 Å². The zero-order chi connectivity index (χ0) is 16.9. The Bertz CT molecular complexity index is 855. The van der Waals surface area contributed by atoms with E-state index in [9.17, 15) is 9.59 Å². The molecule has 0 aliphatic rings. The van der Waals surface area contributed by atoms with Crippen molar-refractivity contribution in [2.24, 2.45) is 0 Å². The molecule has 0 fully saturated rings. The quantitative estimate of drug-likeness (QED) is 0.757. The number of benzene rings is 2. The van der Waals surface area contributed by atoms with E-state index in [1.807, 2.05) is 22.9 Å². The van der Waals surface area contributed by atoms with Gasteiger partial charge in [0, 0.05) is 29.3 Å². The molecule has 120 valence electrons. The second-order valence-corrected chi connectivity index (χ2v) is 5.20. The van der Waals surface area contributed by atoms with Crippen LogP contribution in [0.4, 0.5) is 5.69 Å². The van der Waals surface area contributed by atoms with Gasteiger partial charge in [0.2, 0.25) is 0 Å². The molecule has 6 heteroatoms. The molecule has 1 amide bonds. The van der Waals surface area contributed by atoms with Gasteiger partial charge < -0.3 is 15.0 Å². The average molecular weight is 321 g/mol. The molecule has 0 unspecified atom stereocenters. The molecule has 0 atom stereocenters. The van der Waals surface area contributed by atoms with E-state index in [0.29, 0.717) is 16.8 Å². The Morgan fingerprint density at radius 1 is 1.08 bits per heavy atom. The average Bonchev–Trinajstić information content (AvgIpc) is 3.11. The van der Waals surface area contributed by atoms with E-state index in [1.54, 1.807) is 48.9 Å². The molecule has 6 nitrogen and oxygen atoms in total. The van der Waals surface area contributed by atoms with Crippen LogP contribution in [0.15, 0.2) is 67.3 Å². The summed E-state index contributed by atoms with van der Waals surface area (Å²) < 4.78 is 1.84. The lowest BCUT2D eigenvalue weighted by atomic mass is 10.1. The minimum absolute atomic E-state index is 0.143. The SMILES string of the molecule is O=C(O)Cc1ccccc1NC(=O)c1ccc(-n2ccnc2)cc1. The van der Waals surface area contributed by atoms with Gasteiger partial charge in [-0.05, 0) is 35.9 Å². The first-order valence-corrected chi connectivity index (χ1v) is 7.33. The third kappa shape index (κ3) is 3.49. The van der Waals surface area contributed by atoms with Gasteiger partial charge in [-0.15, -0.1) is 0 Å². The van der Waals surface area contributed by atoms with Crippen LogP contribution in [0.2, 0.25) is 0 Å². The monoisotopic (exact) mass is 321 g/mol. The van der Waals surface area contributed by atoms with E-state index in [2.05, 4.69) is 10.3 Å². The molecule has 0 aliphatic heterocycles. The third-order valence-corrected chi connectivity index (χ3v) is 3.54. The lowest BCUT2D eigenvalue weighted by Gasteiger charge is -2.10. The Balaban J connectivity index is 1.77.